The van der Waals surface area contributed by atoms with Gasteiger partial charge in [-0.3, -0.25) is 4.79 Å². The fraction of sp³-hybridized carbons (Fsp3) is 0.118. The zero-order valence-electron chi connectivity index (χ0n) is 11.9. The van der Waals surface area contributed by atoms with Gasteiger partial charge in [0.05, 0.1) is 12.8 Å². The van der Waals surface area contributed by atoms with E-state index < -0.39 is 0 Å². The molecule has 0 saturated carbocycles. The fourth-order valence-electron chi connectivity index (χ4n) is 1.87. The molecular formula is C17H16FNO2. The van der Waals surface area contributed by atoms with Gasteiger partial charge in [-0.05, 0) is 31.2 Å². The molecule has 21 heavy (non-hydrogen) atoms. The van der Waals surface area contributed by atoms with Gasteiger partial charge in [0.1, 0.15) is 11.6 Å². The molecule has 0 spiro atoms. The van der Waals surface area contributed by atoms with E-state index in [1.807, 2.05) is 0 Å². The highest BCUT2D eigenvalue weighted by atomic mass is 19.1. The summed E-state index contributed by atoms with van der Waals surface area (Å²) in [5.74, 6) is 0.0864. The molecule has 0 amide bonds. The lowest BCUT2D eigenvalue weighted by molar-refractivity contribution is 0.104. The van der Waals surface area contributed by atoms with Gasteiger partial charge in [0.25, 0.3) is 0 Å². The Balaban J connectivity index is 2.14. The summed E-state index contributed by atoms with van der Waals surface area (Å²) in [4.78, 5) is 12.1. The number of allylic oxidation sites excluding steroid dienone is 2. The molecule has 0 heterocycles. The zero-order chi connectivity index (χ0) is 15.2. The minimum Gasteiger partial charge on any atom is -0.497 e. The molecule has 108 valence electrons. The predicted molar refractivity (Wildman–Crippen MR) is 81.1 cm³/mol. The van der Waals surface area contributed by atoms with Crippen molar-refractivity contribution >= 4 is 11.5 Å². The lowest BCUT2D eigenvalue weighted by atomic mass is 10.1. The van der Waals surface area contributed by atoms with E-state index in [2.05, 4.69) is 5.32 Å². The van der Waals surface area contributed by atoms with E-state index in [0.717, 1.165) is 0 Å². The molecule has 1 N–H and O–H groups in total. The molecule has 0 saturated heterocycles. The van der Waals surface area contributed by atoms with Crippen LogP contribution >= 0.6 is 0 Å². The van der Waals surface area contributed by atoms with Crippen molar-refractivity contribution < 1.29 is 13.9 Å². The molecule has 0 aliphatic heterocycles. The number of methoxy groups -OCH3 is 1. The van der Waals surface area contributed by atoms with E-state index in [1.165, 1.54) is 12.1 Å². The normalized spacial score (nSPS) is 11.1. The quantitative estimate of drug-likeness (QED) is 0.665. The van der Waals surface area contributed by atoms with Crippen LogP contribution in [0.3, 0.4) is 0 Å². The maximum absolute atomic E-state index is 13.5. The average molecular weight is 285 g/mol. The van der Waals surface area contributed by atoms with Crippen LogP contribution in [0.5, 0.6) is 5.75 Å². The van der Waals surface area contributed by atoms with Crippen LogP contribution < -0.4 is 10.1 Å². The second-order valence-electron chi connectivity index (χ2n) is 4.53. The Kier molecular flexibility index (Phi) is 4.72. The van der Waals surface area contributed by atoms with E-state index in [0.29, 0.717) is 22.7 Å². The number of carbonyl (C=O) groups is 1. The van der Waals surface area contributed by atoms with Gasteiger partial charge in [-0.2, -0.15) is 0 Å². The van der Waals surface area contributed by atoms with Crippen LogP contribution in [0.15, 0.2) is 60.3 Å². The SMILES string of the molecule is COc1cccc(C(=O)/C=C(\C)Nc2ccccc2F)c1. The molecule has 4 heteroatoms. The van der Waals surface area contributed by atoms with Crippen molar-refractivity contribution in [2.75, 3.05) is 12.4 Å². The third kappa shape index (κ3) is 3.92. The number of benzene rings is 2. The molecule has 0 aliphatic rings. The van der Waals surface area contributed by atoms with Crippen molar-refractivity contribution in [3.8, 4) is 5.75 Å². The van der Waals surface area contributed by atoms with Gasteiger partial charge in [0.2, 0.25) is 0 Å². The molecule has 0 bridgehead atoms. The van der Waals surface area contributed by atoms with Crippen LogP contribution in [0.1, 0.15) is 17.3 Å². The van der Waals surface area contributed by atoms with Crippen molar-refractivity contribution in [1.29, 1.82) is 0 Å². The minimum absolute atomic E-state index is 0.171. The summed E-state index contributed by atoms with van der Waals surface area (Å²) >= 11 is 0. The van der Waals surface area contributed by atoms with Crippen molar-refractivity contribution in [2.45, 2.75) is 6.92 Å². The molecule has 0 unspecified atom stereocenters. The highest BCUT2D eigenvalue weighted by Crippen LogP contribution is 2.16. The van der Waals surface area contributed by atoms with Gasteiger partial charge >= 0.3 is 0 Å². The molecule has 2 aromatic rings. The van der Waals surface area contributed by atoms with Crippen LogP contribution in [0.2, 0.25) is 0 Å². The smallest absolute Gasteiger partial charge is 0.187 e. The third-order valence-electron chi connectivity index (χ3n) is 2.91. The number of para-hydroxylation sites is 1. The molecule has 0 fully saturated rings. The first-order chi connectivity index (χ1) is 10.1. The summed E-state index contributed by atoms with van der Waals surface area (Å²) in [6.07, 6.45) is 1.43. The minimum atomic E-state index is -0.362. The first-order valence-corrected chi connectivity index (χ1v) is 6.48. The molecule has 0 atom stereocenters. The number of halogens is 1. The Hall–Kier alpha value is -2.62. The van der Waals surface area contributed by atoms with Crippen LogP contribution in [0.4, 0.5) is 10.1 Å². The Morgan fingerprint density at radius 2 is 1.95 bits per heavy atom. The molecule has 2 aromatic carbocycles. The fourth-order valence-corrected chi connectivity index (χ4v) is 1.87. The van der Waals surface area contributed by atoms with Crippen LogP contribution in [0.25, 0.3) is 0 Å². The van der Waals surface area contributed by atoms with Crippen molar-refractivity contribution in [1.82, 2.24) is 0 Å². The molecule has 0 aromatic heterocycles. The van der Waals surface area contributed by atoms with Crippen LogP contribution in [-0.4, -0.2) is 12.9 Å². The van der Waals surface area contributed by atoms with Crippen molar-refractivity contribution in [2.24, 2.45) is 0 Å². The largest absolute Gasteiger partial charge is 0.497 e. The Bertz CT molecular complexity index is 680. The number of ether oxygens (including phenoxy) is 1. The van der Waals surface area contributed by atoms with E-state index in [-0.39, 0.29) is 11.6 Å². The number of nitrogens with one attached hydrogen (secondary N) is 1. The summed E-state index contributed by atoms with van der Waals surface area (Å²) < 4.78 is 18.6. The van der Waals surface area contributed by atoms with Gasteiger partial charge in [0.15, 0.2) is 5.78 Å². The van der Waals surface area contributed by atoms with Crippen molar-refractivity contribution in [3.05, 3.63) is 71.7 Å². The highest BCUT2D eigenvalue weighted by Gasteiger charge is 2.06. The van der Waals surface area contributed by atoms with Gasteiger partial charge in [-0.25, -0.2) is 4.39 Å². The monoisotopic (exact) mass is 285 g/mol. The van der Waals surface area contributed by atoms with E-state index in [4.69, 9.17) is 4.74 Å². The van der Waals surface area contributed by atoms with Gasteiger partial charge in [-0.1, -0.05) is 24.3 Å². The average Bonchev–Trinajstić information content (AvgIpc) is 2.49. The van der Waals surface area contributed by atoms with Crippen molar-refractivity contribution in [3.63, 3.8) is 0 Å². The highest BCUT2D eigenvalue weighted by molar-refractivity contribution is 6.05. The van der Waals surface area contributed by atoms with Gasteiger partial charge in [-0.15, -0.1) is 0 Å². The summed E-state index contributed by atoms with van der Waals surface area (Å²) in [7, 11) is 1.55. The molecule has 0 radical (unpaired) electrons. The summed E-state index contributed by atoms with van der Waals surface area (Å²) in [6, 6.07) is 13.2. The summed E-state index contributed by atoms with van der Waals surface area (Å²) in [6.45, 7) is 1.71. The molecule has 0 aliphatic carbocycles. The lowest BCUT2D eigenvalue weighted by Crippen LogP contribution is -2.02. The third-order valence-corrected chi connectivity index (χ3v) is 2.91. The first-order valence-electron chi connectivity index (χ1n) is 6.48. The number of hydrogen-bond acceptors (Lipinski definition) is 3. The second-order valence-corrected chi connectivity index (χ2v) is 4.53. The predicted octanol–water partition coefficient (Wildman–Crippen LogP) is 4.03. The van der Waals surface area contributed by atoms with Gasteiger partial charge in [0, 0.05) is 17.3 Å². The van der Waals surface area contributed by atoms with E-state index >= 15 is 0 Å². The molecule has 3 nitrogen and oxygen atoms in total. The Labute approximate surface area is 123 Å². The molecule has 2 rings (SSSR count). The van der Waals surface area contributed by atoms with Crippen LogP contribution in [0, 0.1) is 5.82 Å². The van der Waals surface area contributed by atoms with Gasteiger partial charge < -0.3 is 10.1 Å². The summed E-state index contributed by atoms with van der Waals surface area (Å²) in [5.41, 5.74) is 1.42. The number of hydrogen-bond donors (Lipinski definition) is 1. The first kappa shape index (κ1) is 14.8. The molecular weight excluding hydrogens is 269 g/mol. The Morgan fingerprint density at radius 3 is 2.67 bits per heavy atom. The van der Waals surface area contributed by atoms with E-state index in [1.54, 1.807) is 56.5 Å². The number of carbonyl (C=O) groups excluding carboxylic acids is 1. The number of anilines is 1. The van der Waals surface area contributed by atoms with Crippen LogP contribution in [-0.2, 0) is 0 Å². The standard InChI is InChI=1S/C17H16FNO2/c1-12(19-16-9-4-3-8-15(16)18)10-17(20)13-6-5-7-14(11-13)21-2/h3-11,19H,1-2H3/b12-10+. The maximum atomic E-state index is 13.5. The van der Waals surface area contributed by atoms with E-state index in [9.17, 15) is 9.18 Å². The second kappa shape index (κ2) is 6.70. The zero-order valence-corrected chi connectivity index (χ0v) is 11.9. The topological polar surface area (TPSA) is 38.3 Å². The summed E-state index contributed by atoms with van der Waals surface area (Å²) in [5, 5.41) is 2.87. The maximum Gasteiger partial charge on any atom is 0.187 e. The lowest BCUT2D eigenvalue weighted by Gasteiger charge is -2.07. The Morgan fingerprint density at radius 1 is 1.19 bits per heavy atom. The number of rotatable bonds is 5. The number of ketones is 1.